The number of hydrogen-bond acceptors (Lipinski definition) is 4. The van der Waals surface area contributed by atoms with Crippen LogP contribution in [-0.2, 0) is 10.0 Å². The minimum Gasteiger partial charge on any atom is -0.337 e. The van der Waals surface area contributed by atoms with Crippen molar-refractivity contribution in [3.8, 4) is 0 Å². The molecule has 0 saturated carbocycles. The molecule has 2 heterocycles. The zero-order chi connectivity index (χ0) is 21.9. The van der Waals surface area contributed by atoms with Gasteiger partial charge in [0.15, 0.2) is 0 Å². The van der Waals surface area contributed by atoms with Crippen molar-refractivity contribution in [1.29, 1.82) is 0 Å². The topological polar surface area (TPSA) is 60.9 Å². The Hall–Kier alpha value is -1.65. The van der Waals surface area contributed by atoms with Gasteiger partial charge in [-0.2, -0.15) is 17.5 Å². The van der Waals surface area contributed by atoms with Gasteiger partial charge in [0.25, 0.3) is 5.91 Å². The Kier molecular flexibility index (Phi) is 7.09. The van der Waals surface area contributed by atoms with Gasteiger partial charge in [-0.15, -0.1) is 0 Å². The molecule has 0 N–H and O–H groups in total. The molecule has 10 heteroatoms. The van der Waals surface area contributed by atoms with Crippen LogP contribution in [0.4, 0.5) is 13.2 Å². The molecule has 2 aliphatic heterocycles. The van der Waals surface area contributed by atoms with Crippen LogP contribution >= 0.6 is 0 Å². The summed E-state index contributed by atoms with van der Waals surface area (Å²) in [5.74, 6) is -0.354. The lowest BCUT2D eigenvalue weighted by molar-refractivity contribution is -0.145. The van der Waals surface area contributed by atoms with Crippen LogP contribution in [0.5, 0.6) is 0 Å². The van der Waals surface area contributed by atoms with E-state index in [1.54, 1.807) is 12.1 Å². The molecule has 0 spiro atoms. The first-order valence-electron chi connectivity index (χ1n) is 10.3. The molecule has 1 aromatic carbocycles. The number of piperidine rings is 1. The number of benzene rings is 1. The van der Waals surface area contributed by atoms with E-state index in [4.69, 9.17) is 0 Å². The van der Waals surface area contributed by atoms with Crippen LogP contribution < -0.4 is 0 Å². The fourth-order valence-corrected chi connectivity index (χ4v) is 5.87. The third-order valence-electron chi connectivity index (χ3n) is 5.71. The summed E-state index contributed by atoms with van der Waals surface area (Å²) < 4.78 is 65.6. The molecular weight excluding hydrogens is 419 g/mol. The van der Waals surface area contributed by atoms with Crippen molar-refractivity contribution < 1.29 is 26.4 Å². The predicted octanol–water partition coefficient (Wildman–Crippen LogP) is 2.96. The van der Waals surface area contributed by atoms with Gasteiger partial charge in [0, 0.05) is 44.3 Å². The van der Waals surface area contributed by atoms with E-state index in [9.17, 15) is 26.4 Å². The van der Waals surface area contributed by atoms with Crippen LogP contribution in [0, 0.1) is 0 Å². The normalized spacial score (nSPS) is 22.7. The van der Waals surface area contributed by atoms with Gasteiger partial charge in [-0.25, -0.2) is 8.42 Å². The van der Waals surface area contributed by atoms with E-state index >= 15 is 0 Å². The summed E-state index contributed by atoms with van der Waals surface area (Å²) in [5, 5.41) is 0. The summed E-state index contributed by atoms with van der Waals surface area (Å²) >= 11 is 0. The van der Waals surface area contributed by atoms with Crippen LogP contribution in [-0.4, -0.2) is 79.9 Å². The van der Waals surface area contributed by atoms with Crippen molar-refractivity contribution in [2.45, 2.75) is 49.7 Å². The standard InChI is InChI=1S/C20H28F3N3O3S/c1-16-6-2-3-11-26(16)30(28,29)18-8-4-7-17(14-18)19(27)25-10-5-9-24(12-13-25)15-20(21,22)23/h4,7-8,14,16H,2-3,5-6,9-13,15H2,1H3. The molecule has 0 aromatic heterocycles. The number of alkyl halides is 3. The molecule has 0 aliphatic carbocycles. The molecule has 2 saturated heterocycles. The second-order valence-electron chi connectivity index (χ2n) is 8.03. The monoisotopic (exact) mass is 447 g/mol. The predicted molar refractivity (Wildman–Crippen MR) is 107 cm³/mol. The highest BCUT2D eigenvalue weighted by molar-refractivity contribution is 7.89. The highest BCUT2D eigenvalue weighted by Crippen LogP contribution is 2.26. The van der Waals surface area contributed by atoms with Gasteiger partial charge in [-0.05, 0) is 44.4 Å². The molecule has 2 fully saturated rings. The first-order valence-corrected chi connectivity index (χ1v) is 11.7. The molecule has 0 radical (unpaired) electrons. The quantitative estimate of drug-likeness (QED) is 0.712. The number of halogens is 3. The van der Waals surface area contributed by atoms with Gasteiger partial charge in [-0.1, -0.05) is 12.5 Å². The van der Waals surface area contributed by atoms with Crippen LogP contribution in [0.2, 0.25) is 0 Å². The Morgan fingerprint density at radius 3 is 2.53 bits per heavy atom. The second-order valence-corrected chi connectivity index (χ2v) is 9.92. The Morgan fingerprint density at radius 2 is 1.83 bits per heavy atom. The average molecular weight is 448 g/mol. The average Bonchev–Trinajstić information content (AvgIpc) is 2.92. The molecular formula is C20H28F3N3O3S. The van der Waals surface area contributed by atoms with Gasteiger partial charge in [-0.3, -0.25) is 9.69 Å². The number of rotatable bonds is 4. The summed E-state index contributed by atoms with van der Waals surface area (Å²) in [6.45, 7) is 2.27. The number of sulfonamides is 1. The van der Waals surface area contributed by atoms with Crippen molar-refractivity contribution in [3.05, 3.63) is 29.8 Å². The maximum absolute atomic E-state index is 13.1. The largest absolute Gasteiger partial charge is 0.401 e. The van der Waals surface area contributed by atoms with E-state index < -0.39 is 22.7 Å². The molecule has 30 heavy (non-hydrogen) atoms. The highest BCUT2D eigenvalue weighted by Gasteiger charge is 2.33. The summed E-state index contributed by atoms with van der Waals surface area (Å²) in [5.41, 5.74) is 0.241. The van der Waals surface area contributed by atoms with Crippen molar-refractivity contribution in [3.63, 3.8) is 0 Å². The lowest BCUT2D eigenvalue weighted by Gasteiger charge is -2.32. The van der Waals surface area contributed by atoms with E-state index in [0.29, 0.717) is 19.5 Å². The number of amides is 1. The van der Waals surface area contributed by atoms with E-state index in [-0.39, 0.29) is 42.0 Å². The van der Waals surface area contributed by atoms with E-state index in [1.165, 1.54) is 26.2 Å². The Balaban J connectivity index is 1.73. The third kappa shape index (κ3) is 5.53. The van der Waals surface area contributed by atoms with E-state index in [0.717, 1.165) is 19.3 Å². The molecule has 1 amide bonds. The SMILES string of the molecule is CC1CCCCN1S(=O)(=O)c1cccc(C(=O)N2CCCN(CC(F)(F)F)CC2)c1. The zero-order valence-corrected chi connectivity index (χ0v) is 17.9. The van der Waals surface area contributed by atoms with Gasteiger partial charge in [0.1, 0.15) is 0 Å². The van der Waals surface area contributed by atoms with Crippen molar-refractivity contribution >= 4 is 15.9 Å². The first-order chi connectivity index (χ1) is 14.1. The molecule has 1 aromatic rings. The fourth-order valence-electron chi connectivity index (χ4n) is 4.12. The van der Waals surface area contributed by atoms with Gasteiger partial charge in [0.2, 0.25) is 10.0 Å². The number of hydrogen-bond donors (Lipinski definition) is 0. The molecule has 3 rings (SSSR count). The van der Waals surface area contributed by atoms with Crippen molar-refractivity contribution in [2.24, 2.45) is 0 Å². The summed E-state index contributed by atoms with van der Waals surface area (Å²) in [6.07, 6.45) is -1.23. The van der Waals surface area contributed by atoms with Crippen LogP contribution in [0.15, 0.2) is 29.2 Å². The van der Waals surface area contributed by atoms with Crippen LogP contribution in [0.3, 0.4) is 0 Å². The van der Waals surface area contributed by atoms with Crippen molar-refractivity contribution in [2.75, 3.05) is 39.3 Å². The maximum atomic E-state index is 13.1. The fraction of sp³-hybridized carbons (Fsp3) is 0.650. The minimum absolute atomic E-state index is 0.0793. The lowest BCUT2D eigenvalue weighted by atomic mass is 10.1. The summed E-state index contributed by atoms with van der Waals surface area (Å²) in [4.78, 5) is 15.8. The molecule has 168 valence electrons. The third-order valence-corrected chi connectivity index (χ3v) is 7.72. The number of carbonyl (C=O) groups excluding carboxylic acids is 1. The zero-order valence-electron chi connectivity index (χ0n) is 17.1. The number of nitrogens with zero attached hydrogens (tertiary/aromatic N) is 3. The lowest BCUT2D eigenvalue weighted by Crippen LogP contribution is -2.42. The molecule has 0 bridgehead atoms. The molecule has 1 atom stereocenters. The Morgan fingerprint density at radius 1 is 1.07 bits per heavy atom. The number of carbonyl (C=O) groups is 1. The smallest absolute Gasteiger partial charge is 0.337 e. The minimum atomic E-state index is -4.27. The molecule has 6 nitrogen and oxygen atoms in total. The van der Waals surface area contributed by atoms with E-state index in [2.05, 4.69) is 0 Å². The maximum Gasteiger partial charge on any atom is 0.401 e. The van der Waals surface area contributed by atoms with Crippen molar-refractivity contribution in [1.82, 2.24) is 14.1 Å². The second kappa shape index (κ2) is 9.23. The molecule has 1 unspecified atom stereocenters. The van der Waals surface area contributed by atoms with Gasteiger partial charge < -0.3 is 4.90 Å². The Labute approximate surface area is 175 Å². The van der Waals surface area contributed by atoms with Gasteiger partial charge in [0.05, 0.1) is 11.4 Å². The summed E-state index contributed by atoms with van der Waals surface area (Å²) in [7, 11) is -3.70. The van der Waals surface area contributed by atoms with E-state index in [1.807, 2.05) is 6.92 Å². The van der Waals surface area contributed by atoms with Crippen LogP contribution in [0.1, 0.15) is 43.0 Å². The Bertz CT molecular complexity index is 860. The van der Waals surface area contributed by atoms with Crippen LogP contribution in [0.25, 0.3) is 0 Å². The molecule has 2 aliphatic rings. The van der Waals surface area contributed by atoms with Gasteiger partial charge >= 0.3 is 6.18 Å². The summed E-state index contributed by atoms with van der Waals surface area (Å²) in [6, 6.07) is 5.88. The first kappa shape index (κ1) is 23.0. The highest BCUT2D eigenvalue weighted by atomic mass is 32.2.